The largest absolute Gasteiger partial charge is 0.493 e. The van der Waals surface area contributed by atoms with Crippen LogP contribution in [0.2, 0.25) is 0 Å². The highest BCUT2D eigenvalue weighted by molar-refractivity contribution is 7.15. The molecule has 3 aromatic rings. The zero-order valence-corrected chi connectivity index (χ0v) is 15.2. The van der Waals surface area contributed by atoms with Crippen molar-refractivity contribution in [1.29, 1.82) is 0 Å². The summed E-state index contributed by atoms with van der Waals surface area (Å²) in [5.41, 5.74) is 5.78. The summed E-state index contributed by atoms with van der Waals surface area (Å²) in [6.45, 7) is 1.93. The van der Waals surface area contributed by atoms with Crippen LogP contribution in [0.5, 0.6) is 11.5 Å². The summed E-state index contributed by atoms with van der Waals surface area (Å²) >= 11 is 3.20. The summed E-state index contributed by atoms with van der Waals surface area (Å²) in [4.78, 5) is 5.70. The van der Waals surface area contributed by atoms with Crippen molar-refractivity contribution in [3.8, 4) is 22.1 Å². The maximum atomic E-state index is 5.32. The number of nitrogens with zero attached hydrogens (tertiary/aromatic N) is 2. The Morgan fingerprint density at radius 2 is 1.96 bits per heavy atom. The molecule has 124 valence electrons. The first-order valence-electron chi connectivity index (χ1n) is 7.23. The molecule has 0 aliphatic rings. The number of thiazole rings is 1. The number of methoxy groups -OCH3 is 2. The van der Waals surface area contributed by atoms with Crippen LogP contribution in [0.15, 0.2) is 46.2 Å². The van der Waals surface area contributed by atoms with Gasteiger partial charge >= 0.3 is 0 Å². The zero-order valence-electron chi connectivity index (χ0n) is 13.6. The lowest BCUT2D eigenvalue weighted by molar-refractivity contribution is 0.355. The molecule has 0 unspecified atom stereocenters. The van der Waals surface area contributed by atoms with Gasteiger partial charge in [-0.25, -0.2) is 4.98 Å². The summed E-state index contributed by atoms with van der Waals surface area (Å²) in [5.74, 6) is 1.38. The Bertz CT molecular complexity index is 841. The molecule has 24 heavy (non-hydrogen) atoms. The normalized spacial score (nSPS) is 11.4. The Kier molecular flexibility index (Phi) is 5.12. The molecule has 0 amide bonds. The predicted molar refractivity (Wildman–Crippen MR) is 101 cm³/mol. The molecule has 0 fully saturated rings. The van der Waals surface area contributed by atoms with Crippen molar-refractivity contribution in [2.24, 2.45) is 5.10 Å². The van der Waals surface area contributed by atoms with Crippen LogP contribution in [-0.2, 0) is 0 Å². The average Bonchev–Trinajstić information content (AvgIpc) is 3.30. The maximum Gasteiger partial charge on any atom is 0.203 e. The van der Waals surface area contributed by atoms with Gasteiger partial charge in [0.15, 0.2) is 11.5 Å². The van der Waals surface area contributed by atoms with E-state index in [0.717, 1.165) is 27.0 Å². The van der Waals surface area contributed by atoms with Crippen molar-refractivity contribution >= 4 is 33.5 Å². The number of thiophene rings is 1. The van der Waals surface area contributed by atoms with E-state index in [4.69, 9.17) is 9.47 Å². The molecule has 1 aromatic carbocycles. The molecule has 1 N–H and O–H groups in total. The molecule has 3 rings (SSSR count). The maximum absolute atomic E-state index is 5.32. The molecule has 0 radical (unpaired) electrons. The molecule has 0 spiro atoms. The van der Waals surface area contributed by atoms with Crippen LogP contribution >= 0.6 is 22.7 Å². The third kappa shape index (κ3) is 3.58. The Morgan fingerprint density at radius 1 is 1.12 bits per heavy atom. The molecule has 0 aliphatic carbocycles. The number of aromatic nitrogens is 1. The summed E-state index contributed by atoms with van der Waals surface area (Å²) < 4.78 is 10.6. The average molecular weight is 359 g/mol. The highest BCUT2D eigenvalue weighted by Gasteiger charge is 2.08. The van der Waals surface area contributed by atoms with E-state index in [0.29, 0.717) is 11.5 Å². The Balaban J connectivity index is 1.75. The van der Waals surface area contributed by atoms with E-state index in [-0.39, 0.29) is 0 Å². The lowest BCUT2D eigenvalue weighted by Gasteiger charge is -2.09. The van der Waals surface area contributed by atoms with Gasteiger partial charge in [-0.15, -0.1) is 22.7 Å². The first-order chi connectivity index (χ1) is 11.7. The van der Waals surface area contributed by atoms with Crippen molar-refractivity contribution < 1.29 is 9.47 Å². The number of benzene rings is 1. The van der Waals surface area contributed by atoms with Crippen molar-refractivity contribution in [1.82, 2.24) is 4.98 Å². The topological polar surface area (TPSA) is 55.7 Å². The van der Waals surface area contributed by atoms with Gasteiger partial charge in [-0.3, -0.25) is 5.43 Å². The number of hydrazone groups is 1. The van der Waals surface area contributed by atoms with Gasteiger partial charge in [0, 0.05) is 10.9 Å². The quantitative estimate of drug-likeness (QED) is 0.511. The van der Waals surface area contributed by atoms with Gasteiger partial charge in [-0.05, 0) is 36.6 Å². The SMILES string of the molecule is COc1ccc(C(C)=NNc2nc(-c3cccs3)cs2)cc1OC. The first-order valence-corrected chi connectivity index (χ1v) is 8.99. The van der Waals surface area contributed by atoms with Gasteiger partial charge in [-0.2, -0.15) is 5.10 Å². The lowest BCUT2D eigenvalue weighted by Crippen LogP contribution is -2.01. The van der Waals surface area contributed by atoms with Crippen molar-refractivity contribution in [3.05, 3.63) is 46.7 Å². The molecule has 0 saturated carbocycles. The summed E-state index contributed by atoms with van der Waals surface area (Å²) in [5, 5.41) is 9.24. The third-order valence-electron chi connectivity index (χ3n) is 3.40. The fourth-order valence-electron chi connectivity index (χ4n) is 2.12. The van der Waals surface area contributed by atoms with Crippen LogP contribution in [0.4, 0.5) is 5.13 Å². The number of ether oxygens (including phenoxy) is 2. The smallest absolute Gasteiger partial charge is 0.203 e. The van der Waals surface area contributed by atoms with E-state index in [9.17, 15) is 0 Å². The van der Waals surface area contributed by atoms with Gasteiger partial charge in [0.25, 0.3) is 0 Å². The number of anilines is 1. The fraction of sp³-hybridized carbons (Fsp3) is 0.176. The molecular weight excluding hydrogens is 342 g/mol. The van der Waals surface area contributed by atoms with E-state index in [2.05, 4.69) is 21.6 Å². The molecular formula is C17H17N3O2S2. The zero-order chi connectivity index (χ0) is 16.9. The third-order valence-corrected chi connectivity index (χ3v) is 5.04. The van der Waals surface area contributed by atoms with Crippen molar-refractivity contribution in [3.63, 3.8) is 0 Å². The molecule has 5 nitrogen and oxygen atoms in total. The molecule has 7 heteroatoms. The van der Waals surface area contributed by atoms with E-state index in [1.165, 1.54) is 11.3 Å². The van der Waals surface area contributed by atoms with Crippen molar-refractivity contribution in [2.45, 2.75) is 6.92 Å². The van der Waals surface area contributed by atoms with Crippen LogP contribution in [0.1, 0.15) is 12.5 Å². The highest BCUT2D eigenvalue weighted by Crippen LogP contribution is 2.29. The molecule has 0 aliphatic heterocycles. The number of rotatable bonds is 6. The Morgan fingerprint density at radius 3 is 2.67 bits per heavy atom. The second kappa shape index (κ2) is 7.46. The summed E-state index contributed by atoms with van der Waals surface area (Å²) in [6, 6.07) is 9.79. The molecule has 0 atom stereocenters. The van der Waals surface area contributed by atoms with Crippen LogP contribution in [0, 0.1) is 0 Å². The molecule has 2 heterocycles. The van der Waals surface area contributed by atoms with Gasteiger partial charge in [-0.1, -0.05) is 6.07 Å². The Labute approximate surface area is 148 Å². The predicted octanol–water partition coefficient (Wildman–Crippen LogP) is 4.72. The van der Waals surface area contributed by atoms with Gasteiger partial charge in [0.1, 0.15) is 0 Å². The number of nitrogens with one attached hydrogen (secondary N) is 1. The minimum Gasteiger partial charge on any atom is -0.493 e. The summed E-state index contributed by atoms with van der Waals surface area (Å²) in [7, 11) is 3.24. The Hall–Kier alpha value is -2.38. The summed E-state index contributed by atoms with van der Waals surface area (Å²) in [6.07, 6.45) is 0. The van der Waals surface area contributed by atoms with Gasteiger partial charge < -0.3 is 9.47 Å². The van der Waals surface area contributed by atoms with E-state index >= 15 is 0 Å². The number of hydrogen-bond donors (Lipinski definition) is 1. The van der Waals surface area contributed by atoms with Crippen molar-refractivity contribution in [2.75, 3.05) is 19.6 Å². The van der Waals surface area contributed by atoms with E-state index in [1.54, 1.807) is 25.6 Å². The molecule has 2 aromatic heterocycles. The van der Waals surface area contributed by atoms with Crippen LogP contribution in [0.3, 0.4) is 0 Å². The van der Waals surface area contributed by atoms with Gasteiger partial charge in [0.05, 0.1) is 30.5 Å². The first kappa shape index (κ1) is 16.5. The minimum atomic E-state index is 0.679. The van der Waals surface area contributed by atoms with E-state index < -0.39 is 0 Å². The van der Waals surface area contributed by atoms with Gasteiger partial charge in [0.2, 0.25) is 5.13 Å². The lowest BCUT2D eigenvalue weighted by atomic mass is 10.1. The van der Waals surface area contributed by atoms with Crippen LogP contribution in [0.25, 0.3) is 10.6 Å². The van der Waals surface area contributed by atoms with Crippen LogP contribution < -0.4 is 14.9 Å². The van der Waals surface area contributed by atoms with E-state index in [1.807, 2.05) is 41.9 Å². The molecule has 0 bridgehead atoms. The second-order valence-electron chi connectivity index (χ2n) is 4.89. The highest BCUT2D eigenvalue weighted by atomic mass is 32.1. The number of hydrogen-bond acceptors (Lipinski definition) is 7. The van der Waals surface area contributed by atoms with Crippen LogP contribution in [-0.4, -0.2) is 24.9 Å². The second-order valence-corrected chi connectivity index (χ2v) is 6.70. The monoisotopic (exact) mass is 359 g/mol. The fourth-order valence-corrected chi connectivity index (χ4v) is 3.53. The minimum absolute atomic E-state index is 0.679. The molecule has 0 saturated heterocycles. The standard InChI is InChI=1S/C17H17N3O2S2/c1-11(12-6-7-14(21-2)15(9-12)22-3)19-20-17-18-13(10-24-17)16-5-4-8-23-16/h4-10H,1-3H3,(H,18,20).